The van der Waals surface area contributed by atoms with Gasteiger partial charge in [0.2, 0.25) is 5.91 Å². The van der Waals surface area contributed by atoms with Gasteiger partial charge >= 0.3 is 0 Å². The molecule has 0 spiro atoms. The number of nitrogens with one attached hydrogen (secondary N) is 2. The average Bonchev–Trinajstić information content (AvgIpc) is 2.45. The Morgan fingerprint density at radius 3 is 2.71 bits per heavy atom. The Labute approximate surface area is 121 Å². The molecule has 0 unspecified atom stereocenters. The van der Waals surface area contributed by atoms with Crippen LogP contribution in [0.2, 0.25) is 0 Å². The summed E-state index contributed by atoms with van der Waals surface area (Å²) in [6.07, 6.45) is -0.214. The third-order valence-electron chi connectivity index (χ3n) is 3.41. The van der Waals surface area contributed by atoms with E-state index in [1.165, 1.54) is 24.3 Å². The highest BCUT2D eigenvalue weighted by Crippen LogP contribution is 2.09. The fourth-order valence-electron chi connectivity index (χ4n) is 2.34. The topological polar surface area (TPSA) is 82.9 Å². The number of ether oxygens (including phenoxy) is 1. The van der Waals surface area contributed by atoms with Gasteiger partial charge in [0.05, 0.1) is 25.6 Å². The molecule has 0 radical (unpaired) electrons. The smallest absolute Gasteiger partial charge is 0.230 e. The molecule has 1 aliphatic heterocycles. The molecular weight excluding hydrogens is 279 g/mol. The molecule has 1 amide bonds. The van der Waals surface area contributed by atoms with Gasteiger partial charge in [0, 0.05) is 5.69 Å². The van der Waals surface area contributed by atoms with E-state index in [1.807, 2.05) is 0 Å². The van der Waals surface area contributed by atoms with E-state index in [4.69, 9.17) is 4.74 Å². The molecule has 1 heterocycles. The molecule has 1 saturated heterocycles. The second-order valence-electron chi connectivity index (χ2n) is 4.90. The monoisotopic (exact) mass is 296 g/mol. The fraction of sp³-hybridized carbons (Fsp3) is 0.429. The van der Waals surface area contributed by atoms with Gasteiger partial charge in [-0.25, -0.2) is 4.39 Å². The number of hydrogen-bond donors (Lipinski definition) is 2. The van der Waals surface area contributed by atoms with Crippen molar-refractivity contribution in [2.75, 3.05) is 31.6 Å². The molecule has 1 aromatic rings. The minimum Gasteiger partial charge on any atom is -0.544 e. The van der Waals surface area contributed by atoms with Crippen molar-refractivity contribution < 1.29 is 28.7 Å². The number of benzene rings is 1. The summed E-state index contributed by atoms with van der Waals surface area (Å²) < 4.78 is 18.2. The summed E-state index contributed by atoms with van der Waals surface area (Å²) in [7, 11) is 0. The molecule has 6 nitrogen and oxygen atoms in total. The van der Waals surface area contributed by atoms with Crippen molar-refractivity contribution in [3.05, 3.63) is 30.1 Å². The SMILES string of the molecule is O=C(C[C@@H](C(=O)[O-])[NH+]1CCOCC1)Nc1cccc(F)c1. The maximum absolute atomic E-state index is 13.0. The third kappa shape index (κ3) is 4.51. The van der Waals surface area contributed by atoms with Crippen LogP contribution in [0.4, 0.5) is 10.1 Å². The van der Waals surface area contributed by atoms with Crippen LogP contribution in [0.25, 0.3) is 0 Å². The van der Waals surface area contributed by atoms with Crippen LogP contribution in [0, 0.1) is 5.82 Å². The van der Waals surface area contributed by atoms with E-state index in [1.54, 1.807) is 0 Å². The number of hydrogen-bond acceptors (Lipinski definition) is 4. The Balaban J connectivity index is 1.96. The summed E-state index contributed by atoms with van der Waals surface area (Å²) in [6.45, 7) is 1.97. The highest BCUT2D eigenvalue weighted by atomic mass is 19.1. The lowest BCUT2D eigenvalue weighted by Gasteiger charge is -2.31. The first-order chi connectivity index (χ1) is 10.1. The number of amides is 1. The first-order valence-electron chi connectivity index (χ1n) is 6.75. The summed E-state index contributed by atoms with van der Waals surface area (Å²) in [6, 6.07) is 4.51. The minimum atomic E-state index is -1.26. The first-order valence-corrected chi connectivity index (χ1v) is 6.75. The van der Waals surface area contributed by atoms with Crippen LogP contribution in [0.5, 0.6) is 0 Å². The van der Waals surface area contributed by atoms with Gasteiger partial charge in [0.25, 0.3) is 0 Å². The third-order valence-corrected chi connectivity index (χ3v) is 3.41. The molecule has 0 bridgehead atoms. The Bertz CT molecular complexity index is 517. The summed E-state index contributed by atoms with van der Waals surface area (Å²) in [4.78, 5) is 23.9. The number of anilines is 1. The molecule has 21 heavy (non-hydrogen) atoms. The maximum Gasteiger partial charge on any atom is 0.230 e. The maximum atomic E-state index is 13.0. The van der Waals surface area contributed by atoms with Crippen LogP contribution >= 0.6 is 0 Å². The van der Waals surface area contributed by atoms with Crippen LogP contribution in [0.15, 0.2) is 24.3 Å². The molecule has 0 aliphatic carbocycles. The lowest BCUT2D eigenvalue weighted by molar-refractivity contribution is -0.925. The zero-order chi connectivity index (χ0) is 15.2. The normalized spacial score (nSPS) is 17.2. The molecule has 7 heteroatoms. The van der Waals surface area contributed by atoms with Crippen molar-refractivity contribution in [1.29, 1.82) is 0 Å². The van der Waals surface area contributed by atoms with Gasteiger partial charge in [-0.15, -0.1) is 0 Å². The van der Waals surface area contributed by atoms with Gasteiger partial charge in [0.15, 0.2) is 0 Å². The predicted octanol–water partition coefficient (Wildman–Crippen LogP) is -1.81. The van der Waals surface area contributed by atoms with E-state index in [-0.39, 0.29) is 6.42 Å². The molecule has 0 saturated carbocycles. The van der Waals surface area contributed by atoms with E-state index in [9.17, 15) is 19.1 Å². The molecule has 1 aliphatic rings. The van der Waals surface area contributed by atoms with E-state index in [0.717, 1.165) is 4.90 Å². The highest BCUT2D eigenvalue weighted by molar-refractivity contribution is 5.93. The number of rotatable bonds is 5. The van der Waals surface area contributed by atoms with Crippen molar-refractivity contribution in [1.82, 2.24) is 0 Å². The number of carbonyl (C=O) groups excluding carboxylic acids is 2. The van der Waals surface area contributed by atoms with Crippen LogP contribution in [0.3, 0.4) is 0 Å². The molecule has 2 rings (SSSR count). The van der Waals surface area contributed by atoms with Crippen molar-refractivity contribution in [3.8, 4) is 0 Å². The Hall–Kier alpha value is -1.99. The quantitative estimate of drug-likeness (QED) is 0.671. The number of quaternary nitrogens is 1. The molecule has 1 aromatic carbocycles. The molecule has 1 atom stereocenters. The van der Waals surface area contributed by atoms with Crippen molar-refractivity contribution >= 4 is 17.6 Å². The van der Waals surface area contributed by atoms with E-state index in [0.29, 0.717) is 32.0 Å². The molecule has 2 N–H and O–H groups in total. The molecule has 0 aromatic heterocycles. The van der Waals surface area contributed by atoms with Crippen molar-refractivity contribution in [3.63, 3.8) is 0 Å². The highest BCUT2D eigenvalue weighted by Gasteiger charge is 2.28. The second-order valence-corrected chi connectivity index (χ2v) is 4.90. The van der Waals surface area contributed by atoms with E-state index in [2.05, 4.69) is 5.32 Å². The number of carbonyl (C=O) groups is 2. The minimum absolute atomic E-state index is 0.214. The Morgan fingerprint density at radius 2 is 2.10 bits per heavy atom. The fourth-order valence-corrected chi connectivity index (χ4v) is 2.34. The molecular formula is C14H17FN2O4. The Morgan fingerprint density at radius 1 is 1.38 bits per heavy atom. The van der Waals surface area contributed by atoms with Crippen LogP contribution < -0.4 is 15.3 Å². The number of carboxylic acids is 1. The van der Waals surface area contributed by atoms with E-state index >= 15 is 0 Å². The predicted molar refractivity (Wildman–Crippen MR) is 70.0 cm³/mol. The summed E-state index contributed by atoms with van der Waals surface area (Å²) in [5.74, 6) is -2.21. The number of halogens is 1. The van der Waals surface area contributed by atoms with E-state index < -0.39 is 23.7 Å². The Kier molecular flexibility index (Phi) is 5.24. The lowest BCUT2D eigenvalue weighted by atomic mass is 10.1. The van der Waals surface area contributed by atoms with Gasteiger partial charge in [-0.1, -0.05) is 6.07 Å². The standard InChI is InChI=1S/C14H17FN2O4/c15-10-2-1-3-11(8-10)16-13(18)9-12(14(19)20)17-4-6-21-7-5-17/h1-3,8,12H,4-7,9H2,(H,16,18)(H,19,20)/t12-/m0/s1. The number of carboxylic acid groups (broad SMARTS) is 1. The van der Waals surface area contributed by atoms with Gasteiger partial charge in [0.1, 0.15) is 24.9 Å². The average molecular weight is 296 g/mol. The van der Waals surface area contributed by atoms with Crippen LogP contribution in [-0.2, 0) is 14.3 Å². The van der Waals surface area contributed by atoms with Crippen LogP contribution in [-0.4, -0.2) is 44.2 Å². The van der Waals surface area contributed by atoms with Crippen molar-refractivity contribution in [2.45, 2.75) is 12.5 Å². The zero-order valence-electron chi connectivity index (χ0n) is 11.4. The van der Waals surface area contributed by atoms with Gasteiger partial charge in [-0.05, 0) is 18.2 Å². The summed E-state index contributed by atoms with van der Waals surface area (Å²) in [5, 5.41) is 13.7. The van der Waals surface area contributed by atoms with Crippen LogP contribution in [0.1, 0.15) is 6.42 Å². The largest absolute Gasteiger partial charge is 0.544 e. The summed E-state index contributed by atoms with van der Waals surface area (Å²) >= 11 is 0. The van der Waals surface area contributed by atoms with Gasteiger partial charge < -0.3 is 24.9 Å². The number of aliphatic carboxylic acids is 1. The molecule has 1 fully saturated rings. The first kappa shape index (κ1) is 15.4. The van der Waals surface area contributed by atoms with Gasteiger partial charge in [-0.2, -0.15) is 0 Å². The second kappa shape index (κ2) is 7.14. The number of morpholine rings is 1. The van der Waals surface area contributed by atoms with Gasteiger partial charge in [-0.3, -0.25) is 4.79 Å². The van der Waals surface area contributed by atoms with Crippen molar-refractivity contribution in [2.24, 2.45) is 0 Å². The molecule has 114 valence electrons. The zero-order valence-corrected chi connectivity index (χ0v) is 11.4. The lowest BCUT2D eigenvalue weighted by Crippen LogP contribution is -3.19. The summed E-state index contributed by atoms with van der Waals surface area (Å²) in [5.41, 5.74) is 0.300.